The molecule has 0 N–H and O–H groups in total. The van der Waals surface area contributed by atoms with Gasteiger partial charge in [-0.2, -0.15) is 0 Å². The van der Waals surface area contributed by atoms with Gasteiger partial charge in [0.1, 0.15) is 18.1 Å². The van der Waals surface area contributed by atoms with Gasteiger partial charge in [0.2, 0.25) is 5.88 Å². The number of halogens is 1. The van der Waals surface area contributed by atoms with Crippen LogP contribution in [-0.2, 0) is 4.74 Å². The summed E-state index contributed by atoms with van der Waals surface area (Å²) in [6.45, 7) is 8.79. The molecule has 5 heteroatoms. The summed E-state index contributed by atoms with van der Waals surface area (Å²) in [6.07, 6.45) is 1.38. The number of hydrogen-bond donors (Lipinski definition) is 0. The first-order valence-corrected chi connectivity index (χ1v) is 5.52. The molecule has 0 aromatic carbocycles. The van der Waals surface area contributed by atoms with E-state index in [2.05, 4.69) is 9.97 Å². The molecule has 0 unspecified atom stereocenters. The number of rotatable bonds is 4. The Labute approximate surface area is 101 Å². The van der Waals surface area contributed by atoms with Gasteiger partial charge in [0.05, 0.1) is 12.2 Å². The van der Waals surface area contributed by atoms with Gasteiger partial charge < -0.3 is 9.47 Å². The molecule has 0 aliphatic carbocycles. The summed E-state index contributed by atoms with van der Waals surface area (Å²) >= 11 is 5.84. The van der Waals surface area contributed by atoms with Crippen molar-refractivity contribution in [2.24, 2.45) is 0 Å². The molecule has 90 valence electrons. The van der Waals surface area contributed by atoms with Crippen LogP contribution in [0.3, 0.4) is 0 Å². The molecular formula is C11H17ClN2O2. The second-order valence-corrected chi connectivity index (χ2v) is 4.76. The summed E-state index contributed by atoms with van der Waals surface area (Å²) < 4.78 is 11.0. The van der Waals surface area contributed by atoms with Gasteiger partial charge in [0, 0.05) is 5.56 Å². The standard InChI is InChI=1S/C11H17ClN2O2/c1-8-9(12)13-7-14-10(8)15-5-6-16-11(2,3)4/h7H,5-6H2,1-4H3. The van der Waals surface area contributed by atoms with E-state index in [0.29, 0.717) is 24.2 Å². The quantitative estimate of drug-likeness (QED) is 0.603. The lowest BCUT2D eigenvalue weighted by Gasteiger charge is -2.19. The van der Waals surface area contributed by atoms with Gasteiger partial charge in [-0.3, -0.25) is 0 Å². The van der Waals surface area contributed by atoms with Crippen LogP contribution in [0.5, 0.6) is 5.88 Å². The summed E-state index contributed by atoms with van der Waals surface area (Å²) in [6, 6.07) is 0. The molecule has 1 aromatic rings. The highest BCUT2D eigenvalue weighted by Gasteiger charge is 2.10. The Morgan fingerprint density at radius 1 is 1.25 bits per heavy atom. The summed E-state index contributed by atoms with van der Waals surface area (Å²) in [4.78, 5) is 7.85. The smallest absolute Gasteiger partial charge is 0.220 e. The minimum atomic E-state index is -0.151. The van der Waals surface area contributed by atoms with Crippen LogP contribution >= 0.6 is 11.6 Å². The predicted molar refractivity (Wildman–Crippen MR) is 63.0 cm³/mol. The molecule has 1 rings (SSSR count). The largest absolute Gasteiger partial charge is 0.475 e. The van der Waals surface area contributed by atoms with Crippen LogP contribution in [0.2, 0.25) is 5.15 Å². The fourth-order valence-electron chi connectivity index (χ4n) is 1.05. The lowest BCUT2D eigenvalue weighted by atomic mass is 10.2. The van der Waals surface area contributed by atoms with Gasteiger partial charge in [-0.25, -0.2) is 9.97 Å². The molecule has 0 aliphatic heterocycles. The number of hydrogen-bond acceptors (Lipinski definition) is 4. The molecule has 0 saturated carbocycles. The molecule has 1 heterocycles. The fraction of sp³-hybridized carbons (Fsp3) is 0.636. The molecule has 0 radical (unpaired) electrons. The van der Waals surface area contributed by atoms with Gasteiger partial charge in [0.25, 0.3) is 0 Å². The Morgan fingerprint density at radius 2 is 1.94 bits per heavy atom. The maximum Gasteiger partial charge on any atom is 0.220 e. The van der Waals surface area contributed by atoms with Crippen molar-refractivity contribution in [1.29, 1.82) is 0 Å². The highest BCUT2D eigenvalue weighted by molar-refractivity contribution is 6.30. The third-order valence-electron chi connectivity index (χ3n) is 1.83. The van der Waals surface area contributed by atoms with E-state index in [1.165, 1.54) is 6.33 Å². The van der Waals surface area contributed by atoms with E-state index in [-0.39, 0.29) is 5.60 Å². The Bertz CT molecular complexity index is 350. The van der Waals surface area contributed by atoms with Gasteiger partial charge >= 0.3 is 0 Å². The van der Waals surface area contributed by atoms with E-state index >= 15 is 0 Å². The van der Waals surface area contributed by atoms with Crippen LogP contribution in [0.15, 0.2) is 6.33 Å². The monoisotopic (exact) mass is 244 g/mol. The van der Waals surface area contributed by atoms with Crippen molar-refractivity contribution in [2.45, 2.75) is 33.3 Å². The van der Waals surface area contributed by atoms with E-state index in [0.717, 1.165) is 5.56 Å². The Hall–Kier alpha value is -0.870. The molecule has 16 heavy (non-hydrogen) atoms. The van der Waals surface area contributed by atoms with Crippen LogP contribution in [-0.4, -0.2) is 28.8 Å². The van der Waals surface area contributed by atoms with Crippen molar-refractivity contribution in [3.05, 3.63) is 17.0 Å². The zero-order valence-electron chi connectivity index (χ0n) is 10.1. The molecule has 0 spiro atoms. The van der Waals surface area contributed by atoms with Crippen LogP contribution in [0.1, 0.15) is 26.3 Å². The van der Waals surface area contributed by atoms with Crippen molar-refractivity contribution < 1.29 is 9.47 Å². The van der Waals surface area contributed by atoms with E-state index in [9.17, 15) is 0 Å². The summed E-state index contributed by atoms with van der Waals surface area (Å²) in [5, 5.41) is 0.418. The predicted octanol–water partition coefficient (Wildman–Crippen LogP) is 2.63. The fourth-order valence-corrected chi connectivity index (χ4v) is 1.17. The second-order valence-electron chi connectivity index (χ2n) is 4.40. The minimum absolute atomic E-state index is 0.151. The molecule has 0 saturated heterocycles. The Kier molecular flexibility index (Phi) is 4.50. The number of ether oxygens (including phenoxy) is 2. The molecule has 1 aromatic heterocycles. The molecule has 0 bridgehead atoms. The molecule has 0 atom stereocenters. The first kappa shape index (κ1) is 13.2. The van der Waals surface area contributed by atoms with Gasteiger partial charge in [-0.05, 0) is 27.7 Å². The van der Waals surface area contributed by atoms with E-state index in [1.54, 1.807) is 0 Å². The van der Waals surface area contributed by atoms with E-state index < -0.39 is 0 Å². The zero-order chi connectivity index (χ0) is 12.2. The lowest BCUT2D eigenvalue weighted by molar-refractivity contribution is -0.0168. The topological polar surface area (TPSA) is 44.2 Å². The molecular weight excluding hydrogens is 228 g/mol. The molecule has 0 fully saturated rings. The van der Waals surface area contributed by atoms with Crippen LogP contribution in [0, 0.1) is 6.92 Å². The molecule has 0 aliphatic rings. The molecule has 4 nitrogen and oxygen atoms in total. The van der Waals surface area contributed by atoms with Gasteiger partial charge in [-0.15, -0.1) is 0 Å². The highest BCUT2D eigenvalue weighted by atomic mass is 35.5. The summed E-state index contributed by atoms with van der Waals surface area (Å²) in [5.41, 5.74) is 0.599. The van der Waals surface area contributed by atoms with Crippen molar-refractivity contribution in [2.75, 3.05) is 13.2 Å². The van der Waals surface area contributed by atoms with Crippen LogP contribution in [0.4, 0.5) is 0 Å². The van der Waals surface area contributed by atoms with Gasteiger partial charge in [-0.1, -0.05) is 11.6 Å². The molecule has 0 amide bonds. The zero-order valence-corrected chi connectivity index (χ0v) is 10.8. The van der Waals surface area contributed by atoms with Crippen molar-refractivity contribution in [3.8, 4) is 5.88 Å². The summed E-state index contributed by atoms with van der Waals surface area (Å²) in [5.74, 6) is 0.512. The summed E-state index contributed by atoms with van der Waals surface area (Å²) in [7, 11) is 0. The number of aromatic nitrogens is 2. The highest BCUT2D eigenvalue weighted by Crippen LogP contribution is 2.19. The van der Waals surface area contributed by atoms with Crippen LogP contribution in [0.25, 0.3) is 0 Å². The number of nitrogens with zero attached hydrogens (tertiary/aromatic N) is 2. The normalized spacial score (nSPS) is 11.6. The first-order valence-electron chi connectivity index (χ1n) is 5.14. The first-order chi connectivity index (χ1) is 7.40. The van der Waals surface area contributed by atoms with E-state index in [1.807, 2.05) is 27.7 Å². The van der Waals surface area contributed by atoms with Crippen molar-refractivity contribution in [3.63, 3.8) is 0 Å². The Morgan fingerprint density at radius 3 is 2.56 bits per heavy atom. The van der Waals surface area contributed by atoms with Crippen molar-refractivity contribution in [1.82, 2.24) is 9.97 Å². The third kappa shape index (κ3) is 4.33. The van der Waals surface area contributed by atoms with Crippen LogP contribution < -0.4 is 4.74 Å². The minimum Gasteiger partial charge on any atom is -0.475 e. The Balaban J connectivity index is 2.41. The average Bonchev–Trinajstić information content (AvgIpc) is 2.17. The third-order valence-corrected chi connectivity index (χ3v) is 2.21. The SMILES string of the molecule is Cc1c(Cl)ncnc1OCCOC(C)(C)C. The maximum atomic E-state index is 5.84. The van der Waals surface area contributed by atoms with Crippen molar-refractivity contribution >= 4 is 11.6 Å². The maximum absolute atomic E-state index is 5.84. The van der Waals surface area contributed by atoms with E-state index in [4.69, 9.17) is 21.1 Å². The lowest BCUT2D eigenvalue weighted by Crippen LogP contribution is -2.22. The second kappa shape index (κ2) is 5.46. The van der Waals surface area contributed by atoms with Gasteiger partial charge in [0.15, 0.2) is 0 Å². The average molecular weight is 245 g/mol.